The van der Waals surface area contributed by atoms with Crippen LogP contribution in [-0.4, -0.2) is 37.9 Å². The van der Waals surface area contributed by atoms with E-state index in [0.29, 0.717) is 33.6 Å². The summed E-state index contributed by atoms with van der Waals surface area (Å²) in [7, 11) is -2.79. The van der Waals surface area contributed by atoms with Gasteiger partial charge in [0.1, 0.15) is 41.8 Å². The second kappa shape index (κ2) is 15.0. The van der Waals surface area contributed by atoms with Crippen LogP contribution in [0.25, 0.3) is 22.2 Å². The zero-order chi connectivity index (χ0) is 32.6. The number of furan rings is 1. The van der Waals surface area contributed by atoms with Crippen molar-refractivity contribution in [3.8, 4) is 17.1 Å². The predicted octanol–water partition coefficient (Wildman–Crippen LogP) is 9.34. The van der Waals surface area contributed by atoms with Crippen molar-refractivity contribution in [3.63, 3.8) is 0 Å². The van der Waals surface area contributed by atoms with Gasteiger partial charge in [-0.25, -0.2) is 14.4 Å². The Bertz CT molecular complexity index is 1960. The van der Waals surface area contributed by atoms with E-state index in [1.165, 1.54) is 18.5 Å². The number of aryl methyl sites for hydroxylation is 1. The Labute approximate surface area is 279 Å². The minimum absolute atomic E-state index is 0.195. The Balaban J connectivity index is 1.05. The van der Waals surface area contributed by atoms with E-state index in [0.717, 1.165) is 53.1 Å². The molecule has 6 rings (SSSR count). The molecule has 6 aromatic rings. The van der Waals surface area contributed by atoms with Crippen LogP contribution in [0.15, 0.2) is 119 Å². The van der Waals surface area contributed by atoms with E-state index in [-0.39, 0.29) is 18.2 Å². The van der Waals surface area contributed by atoms with Crippen LogP contribution >= 0.6 is 22.2 Å². The van der Waals surface area contributed by atoms with Gasteiger partial charge in [0.25, 0.3) is 0 Å². The first-order valence-corrected chi connectivity index (χ1v) is 17.2. The summed E-state index contributed by atoms with van der Waals surface area (Å²) in [5.74, 6) is 2.67. The number of rotatable bonds is 14. The number of fused-ring (bicyclic) bond motifs is 1. The maximum atomic E-state index is 13.5. The second-order valence-corrected chi connectivity index (χ2v) is 13.6. The van der Waals surface area contributed by atoms with Gasteiger partial charge in [-0.1, -0.05) is 41.9 Å². The minimum Gasteiger partial charge on any atom is -0.487 e. The van der Waals surface area contributed by atoms with Gasteiger partial charge >= 0.3 is 0 Å². The second-order valence-electron chi connectivity index (χ2n) is 10.9. The van der Waals surface area contributed by atoms with Crippen LogP contribution in [0, 0.1) is 5.82 Å². The molecule has 0 spiro atoms. The Hall–Kier alpha value is -4.45. The lowest BCUT2D eigenvalue weighted by Crippen LogP contribution is -2.22. The van der Waals surface area contributed by atoms with Crippen molar-refractivity contribution in [2.45, 2.75) is 24.3 Å². The average Bonchev–Trinajstić information content (AvgIpc) is 3.55. The van der Waals surface area contributed by atoms with Crippen LogP contribution in [0.1, 0.15) is 17.7 Å². The van der Waals surface area contributed by atoms with Gasteiger partial charge in [-0.2, -0.15) is 10.6 Å². The summed E-state index contributed by atoms with van der Waals surface area (Å²) in [4.78, 5) is 9.46. The smallest absolute Gasteiger partial charge is 0.141 e. The monoisotopic (exact) mass is 672 g/mol. The lowest BCUT2D eigenvalue weighted by Gasteiger charge is -2.32. The number of nitrogens with one attached hydrogen (secondary N) is 2. The molecular formula is C36H34ClFN4O4S. The van der Waals surface area contributed by atoms with E-state index in [2.05, 4.69) is 20.6 Å². The summed E-state index contributed by atoms with van der Waals surface area (Å²) in [6.45, 7) is 1.43. The highest BCUT2D eigenvalue weighted by atomic mass is 35.5. The number of nitrogens with zero attached hydrogens (tertiary/aromatic N) is 2. The fraction of sp³-hybridized carbons (Fsp3) is 0.167. The van der Waals surface area contributed by atoms with Gasteiger partial charge in [0.15, 0.2) is 0 Å². The highest BCUT2D eigenvalue weighted by Crippen LogP contribution is 2.47. The van der Waals surface area contributed by atoms with E-state index in [4.69, 9.17) is 20.8 Å². The number of benzene rings is 4. The summed E-state index contributed by atoms with van der Waals surface area (Å²) in [5.41, 5.74) is 3.10. The van der Waals surface area contributed by atoms with Gasteiger partial charge in [-0.05, 0) is 91.3 Å². The van der Waals surface area contributed by atoms with Crippen molar-refractivity contribution in [1.29, 1.82) is 0 Å². The number of anilines is 2. The first-order valence-electron chi connectivity index (χ1n) is 15.1. The van der Waals surface area contributed by atoms with Gasteiger partial charge in [0.2, 0.25) is 0 Å². The fourth-order valence-corrected chi connectivity index (χ4v) is 6.57. The van der Waals surface area contributed by atoms with E-state index in [9.17, 15) is 13.5 Å². The van der Waals surface area contributed by atoms with E-state index < -0.39 is 10.6 Å². The molecule has 0 saturated heterocycles. The molecule has 0 fully saturated rings. The maximum Gasteiger partial charge on any atom is 0.141 e. The average molecular weight is 673 g/mol. The molecule has 0 aliphatic carbocycles. The van der Waals surface area contributed by atoms with Crippen LogP contribution in [0.3, 0.4) is 0 Å². The normalized spacial score (nSPS) is 11.9. The standard InChI is InChI=1S/C36H34ClFN4O4S/c37-32-22-28(12-15-35(32)45-23-25-6-4-7-27(38)20-25)42-36-31-21-26(11-14-33(31)40-24-41-36)34-16-13-29(46-34)8-5-17-39-18-19-47(43,44)30-9-2-1-3-10-30/h1-4,6-7,9-16,20-22,24,39,43-44H,5,8,17-19,23H2,(H,40,41,42). The van der Waals surface area contributed by atoms with Crippen LogP contribution < -0.4 is 15.4 Å². The maximum absolute atomic E-state index is 13.5. The highest BCUT2D eigenvalue weighted by molar-refractivity contribution is 8.24. The molecule has 0 amide bonds. The van der Waals surface area contributed by atoms with Gasteiger partial charge in [0.05, 0.1) is 21.2 Å². The van der Waals surface area contributed by atoms with Gasteiger partial charge in [0, 0.05) is 29.6 Å². The number of hydrogen-bond acceptors (Lipinski definition) is 8. The fourth-order valence-electron chi connectivity index (χ4n) is 5.08. The summed E-state index contributed by atoms with van der Waals surface area (Å²) >= 11 is 6.51. The third-order valence-corrected chi connectivity index (χ3v) is 9.62. The number of aromatic nitrogens is 2. The molecule has 2 aromatic heterocycles. The summed E-state index contributed by atoms with van der Waals surface area (Å²) < 4.78 is 46.3. The molecular weight excluding hydrogens is 639 g/mol. The lowest BCUT2D eigenvalue weighted by molar-refractivity contribution is 0.306. The molecule has 0 aliphatic heterocycles. The Morgan fingerprint density at radius 2 is 1.74 bits per heavy atom. The van der Waals surface area contributed by atoms with Crippen molar-refractivity contribution in [3.05, 3.63) is 132 Å². The van der Waals surface area contributed by atoms with Gasteiger partial charge in [-0.3, -0.25) is 9.11 Å². The molecule has 0 unspecified atom stereocenters. The van der Waals surface area contributed by atoms with Crippen LogP contribution in [0.5, 0.6) is 5.75 Å². The molecule has 2 heterocycles. The minimum atomic E-state index is -2.79. The summed E-state index contributed by atoms with van der Waals surface area (Å²) in [5, 5.41) is 7.86. The zero-order valence-corrected chi connectivity index (χ0v) is 27.0. The molecule has 0 radical (unpaired) electrons. The zero-order valence-electron chi connectivity index (χ0n) is 25.4. The number of hydrogen-bond donors (Lipinski definition) is 4. The van der Waals surface area contributed by atoms with Gasteiger partial charge < -0.3 is 19.8 Å². The summed E-state index contributed by atoms with van der Waals surface area (Å²) in [6, 6.07) is 30.4. The Morgan fingerprint density at radius 1 is 0.872 bits per heavy atom. The molecule has 4 aromatic carbocycles. The Kier molecular flexibility index (Phi) is 10.4. The van der Waals surface area contributed by atoms with Crippen molar-refractivity contribution >= 4 is 44.6 Å². The van der Waals surface area contributed by atoms with Crippen molar-refractivity contribution in [2.24, 2.45) is 0 Å². The molecule has 0 atom stereocenters. The molecule has 47 heavy (non-hydrogen) atoms. The largest absolute Gasteiger partial charge is 0.487 e. The van der Waals surface area contributed by atoms with Gasteiger partial charge in [-0.15, -0.1) is 0 Å². The van der Waals surface area contributed by atoms with Crippen LogP contribution in [-0.2, 0) is 13.0 Å². The van der Waals surface area contributed by atoms with E-state index in [1.807, 2.05) is 54.6 Å². The van der Waals surface area contributed by atoms with E-state index >= 15 is 0 Å². The van der Waals surface area contributed by atoms with Crippen LogP contribution in [0.4, 0.5) is 15.9 Å². The van der Waals surface area contributed by atoms with Crippen molar-refractivity contribution in [1.82, 2.24) is 15.3 Å². The molecule has 4 N–H and O–H groups in total. The molecule has 8 nitrogen and oxygen atoms in total. The first-order chi connectivity index (χ1) is 22.8. The third kappa shape index (κ3) is 8.48. The Morgan fingerprint density at radius 3 is 2.57 bits per heavy atom. The molecule has 11 heteroatoms. The van der Waals surface area contributed by atoms with Crippen LogP contribution in [0.2, 0.25) is 5.02 Å². The molecule has 0 bridgehead atoms. The highest BCUT2D eigenvalue weighted by Gasteiger charge is 2.15. The first kappa shape index (κ1) is 32.5. The van der Waals surface area contributed by atoms with E-state index in [1.54, 1.807) is 36.4 Å². The number of halogens is 2. The predicted molar refractivity (Wildman–Crippen MR) is 186 cm³/mol. The summed E-state index contributed by atoms with van der Waals surface area (Å²) in [6.07, 6.45) is 3.09. The molecule has 0 aliphatic rings. The lowest BCUT2D eigenvalue weighted by atomic mass is 10.1. The molecule has 0 saturated carbocycles. The quantitative estimate of drug-likeness (QED) is 0.0847. The third-order valence-electron chi connectivity index (χ3n) is 7.52. The topological polar surface area (TPSA) is 113 Å². The number of ether oxygens (including phenoxy) is 1. The van der Waals surface area contributed by atoms with Crippen molar-refractivity contribution < 1.29 is 22.6 Å². The SMILES string of the molecule is OS(O)(CCNCCCc1ccc(-c2ccc3ncnc(Nc4ccc(OCc5cccc(F)c5)c(Cl)c4)c3c2)o1)c1ccccc1. The molecule has 242 valence electrons. The van der Waals surface area contributed by atoms with Crippen molar-refractivity contribution in [2.75, 3.05) is 24.2 Å².